The van der Waals surface area contributed by atoms with E-state index in [2.05, 4.69) is 44.9 Å². The molecule has 2 heterocycles. The van der Waals surface area contributed by atoms with Crippen LogP contribution in [0.4, 0.5) is 0 Å². The molecule has 0 aliphatic heterocycles. The standard InChI is InChI=1S/C15H24N6S/c1-6-14-19-12(9-22-14)7-17-15(16-4)18-8-13-10(2)20-21(5)11(13)3/h9H,6-8H2,1-5H3,(H2,16,17,18). The van der Waals surface area contributed by atoms with E-state index in [1.54, 1.807) is 18.4 Å². The second-order valence-electron chi connectivity index (χ2n) is 5.14. The summed E-state index contributed by atoms with van der Waals surface area (Å²) in [6.45, 7) is 7.62. The maximum absolute atomic E-state index is 4.54. The van der Waals surface area contributed by atoms with Gasteiger partial charge in [-0.15, -0.1) is 11.3 Å². The number of guanidine groups is 1. The molecule has 0 saturated carbocycles. The first kappa shape index (κ1) is 16.5. The van der Waals surface area contributed by atoms with Crippen LogP contribution < -0.4 is 10.6 Å². The van der Waals surface area contributed by atoms with Crippen molar-refractivity contribution in [2.75, 3.05) is 7.05 Å². The lowest BCUT2D eigenvalue weighted by atomic mass is 10.2. The van der Waals surface area contributed by atoms with Gasteiger partial charge in [-0.3, -0.25) is 9.67 Å². The second-order valence-corrected chi connectivity index (χ2v) is 6.08. The lowest BCUT2D eigenvalue weighted by molar-refractivity contribution is 0.728. The molecule has 2 rings (SSSR count). The molecule has 0 atom stereocenters. The highest BCUT2D eigenvalue weighted by Crippen LogP contribution is 2.11. The Morgan fingerprint density at radius 2 is 2.05 bits per heavy atom. The summed E-state index contributed by atoms with van der Waals surface area (Å²) in [5.74, 6) is 0.772. The van der Waals surface area contributed by atoms with E-state index < -0.39 is 0 Å². The monoisotopic (exact) mass is 320 g/mol. The van der Waals surface area contributed by atoms with Crippen LogP contribution in [0, 0.1) is 13.8 Å². The fourth-order valence-corrected chi connectivity index (χ4v) is 2.98. The minimum atomic E-state index is 0.682. The normalized spacial score (nSPS) is 11.8. The van der Waals surface area contributed by atoms with Crippen LogP contribution >= 0.6 is 11.3 Å². The van der Waals surface area contributed by atoms with Crippen LogP contribution in [0.2, 0.25) is 0 Å². The third kappa shape index (κ3) is 3.85. The number of hydrogen-bond donors (Lipinski definition) is 2. The fraction of sp³-hybridized carbons (Fsp3) is 0.533. The Morgan fingerprint density at radius 3 is 2.59 bits per heavy atom. The Labute approximate surface area is 135 Å². The largest absolute Gasteiger partial charge is 0.352 e. The quantitative estimate of drug-likeness (QED) is 0.652. The van der Waals surface area contributed by atoms with Crippen molar-refractivity contribution in [3.05, 3.63) is 33.0 Å². The van der Waals surface area contributed by atoms with Crippen molar-refractivity contribution in [2.24, 2.45) is 12.0 Å². The van der Waals surface area contributed by atoms with Gasteiger partial charge < -0.3 is 10.6 Å². The number of aryl methyl sites for hydroxylation is 3. The summed E-state index contributed by atoms with van der Waals surface area (Å²) in [6.07, 6.45) is 0.983. The molecule has 2 aromatic heterocycles. The number of rotatable bonds is 5. The van der Waals surface area contributed by atoms with Gasteiger partial charge in [0.25, 0.3) is 0 Å². The van der Waals surface area contributed by atoms with Crippen LogP contribution in [0.3, 0.4) is 0 Å². The average molecular weight is 320 g/mol. The number of hydrogen-bond acceptors (Lipinski definition) is 4. The first-order valence-corrected chi connectivity index (χ1v) is 8.30. The topological polar surface area (TPSA) is 67.1 Å². The zero-order valence-corrected chi connectivity index (χ0v) is 14.7. The van der Waals surface area contributed by atoms with Crippen LogP contribution in [0.15, 0.2) is 10.4 Å². The summed E-state index contributed by atoms with van der Waals surface area (Å²) in [5, 5.41) is 14.3. The minimum Gasteiger partial charge on any atom is -0.352 e. The Kier molecular flexibility index (Phi) is 5.54. The van der Waals surface area contributed by atoms with E-state index in [-0.39, 0.29) is 0 Å². The van der Waals surface area contributed by atoms with Crippen molar-refractivity contribution in [2.45, 2.75) is 40.3 Å². The van der Waals surface area contributed by atoms with Gasteiger partial charge in [-0.1, -0.05) is 6.92 Å². The average Bonchev–Trinajstić information content (AvgIpc) is 3.06. The van der Waals surface area contributed by atoms with Crippen molar-refractivity contribution < 1.29 is 0 Å². The zero-order valence-electron chi connectivity index (χ0n) is 13.9. The molecule has 6 nitrogen and oxygen atoms in total. The Morgan fingerprint density at radius 1 is 1.32 bits per heavy atom. The van der Waals surface area contributed by atoms with E-state index in [0.717, 1.165) is 23.8 Å². The minimum absolute atomic E-state index is 0.682. The first-order chi connectivity index (χ1) is 10.5. The van der Waals surface area contributed by atoms with Gasteiger partial charge in [0.1, 0.15) is 0 Å². The van der Waals surface area contributed by atoms with Gasteiger partial charge in [0.15, 0.2) is 5.96 Å². The van der Waals surface area contributed by atoms with Crippen LogP contribution in [0.5, 0.6) is 0 Å². The second kappa shape index (κ2) is 7.40. The highest BCUT2D eigenvalue weighted by Gasteiger charge is 2.10. The molecule has 0 aromatic carbocycles. The van der Waals surface area contributed by atoms with Gasteiger partial charge in [0.05, 0.1) is 22.9 Å². The highest BCUT2D eigenvalue weighted by atomic mass is 32.1. The third-order valence-corrected chi connectivity index (χ3v) is 4.70. The molecule has 0 saturated heterocycles. The first-order valence-electron chi connectivity index (χ1n) is 7.42. The molecule has 7 heteroatoms. The predicted octanol–water partition coefficient (Wildman–Crippen LogP) is 1.92. The van der Waals surface area contributed by atoms with Crippen LogP contribution in [0.1, 0.15) is 34.6 Å². The predicted molar refractivity (Wildman–Crippen MR) is 91.2 cm³/mol. The van der Waals surface area contributed by atoms with E-state index in [9.17, 15) is 0 Å². The van der Waals surface area contributed by atoms with E-state index in [4.69, 9.17) is 0 Å². The van der Waals surface area contributed by atoms with Crippen LogP contribution in [-0.4, -0.2) is 27.8 Å². The Bertz CT molecular complexity index is 655. The number of aliphatic imine (C=N–C) groups is 1. The number of nitrogens with zero attached hydrogens (tertiary/aromatic N) is 4. The molecule has 120 valence electrons. The van der Waals surface area contributed by atoms with Gasteiger partial charge in [-0.25, -0.2) is 4.98 Å². The van der Waals surface area contributed by atoms with Crippen molar-refractivity contribution >= 4 is 17.3 Å². The third-order valence-electron chi connectivity index (χ3n) is 3.65. The number of nitrogens with one attached hydrogen (secondary N) is 2. The van der Waals surface area contributed by atoms with Gasteiger partial charge in [-0.05, 0) is 20.3 Å². The van der Waals surface area contributed by atoms with Gasteiger partial charge in [0, 0.05) is 37.3 Å². The molecule has 0 bridgehead atoms. The fourth-order valence-electron chi connectivity index (χ4n) is 2.23. The van der Waals surface area contributed by atoms with Gasteiger partial charge >= 0.3 is 0 Å². The van der Waals surface area contributed by atoms with Crippen LogP contribution in [0.25, 0.3) is 0 Å². The number of thiazole rings is 1. The van der Waals surface area contributed by atoms with Crippen molar-refractivity contribution in [1.82, 2.24) is 25.4 Å². The summed E-state index contributed by atoms with van der Waals surface area (Å²) >= 11 is 1.70. The summed E-state index contributed by atoms with van der Waals surface area (Å²) < 4.78 is 1.91. The van der Waals surface area contributed by atoms with Crippen LogP contribution in [-0.2, 0) is 26.6 Å². The van der Waals surface area contributed by atoms with E-state index in [1.807, 2.05) is 18.7 Å². The SMILES string of the molecule is CCc1nc(CNC(=NC)NCc2c(C)nn(C)c2C)cs1. The number of aromatic nitrogens is 3. The molecular weight excluding hydrogens is 296 g/mol. The van der Waals surface area contributed by atoms with E-state index >= 15 is 0 Å². The maximum Gasteiger partial charge on any atom is 0.191 e. The van der Waals surface area contributed by atoms with Crippen molar-refractivity contribution in [1.29, 1.82) is 0 Å². The summed E-state index contributed by atoms with van der Waals surface area (Å²) in [4.78, 5) is 8.80. The van der Waals surface area contributed by atoms with Crippen molar-refractivity contribution in [3.63, 3.8) is 0 Å². The lowest BCUT2D eigenvalue weighted by Crippen LogP contribution is -2.36. The molecular formula is C15H24N6S. The van der Waals surface area contributed by atoms with E-state index in [1.165, 1.54) is 16.3 Å². The maximum atomic E-state index is 4.54. The Balaban J connectivity index is 1.90. The molecule has 0 unspecified atom stereocenters. The highest BCUT2D eigenvalue weighted by molar-refractivity contribution is 7.09. The summed E-state index contributed by atoms with van der Waals surface area (Å²) in [5.41, 5.74) is 4.49. The zero-order chi connectivity index (χ0) is 16.1. The van der Waals surface area contributed by atoms with Crippen molar-refractivity contribution in [3.8, 4) is 0 Å². The van der Waals surface area contributed by atoms with Gasteiger partial charge in [0.2, 0.25) is 0 Å². The molecule has 0 spiro atoms. The smallest absolute Gasteiger partial charge is 0.191 e. The molecule has 0 aliphatic rings. The molecule has 2 N–H and O–H groups in total. The molecule has 0 aliphatic carbocycles. The van der Waals surface area contributed by atoms with E-state index in [0.29, 0.717) is 13.1 Å². The summed E-state index contributed by atoms with van der Waals surface area (Å²) in [7, 11) is 3.74. The molecule has 0 radical (unpaired) electrons. The lowest BCUT2D eigenvalue weighted by Gasteiger charge is -2.11. The molecule has 0 fully saturated rings. The summed E-state index contributed by atoms with van der Waals surface area (Å²) in [6, 6.07) is 0. The Hall–Kier alpha value is -1.89. The molecule has 2 aromatic rings. The molecule has 22 heavy (non-hydrogen) atoms. The van der Waals surface area contributed by atoms with Gasteiger partial charge in [-0.2, -0.15) is 5.10 Å². The molecule has 0 amide bonds.